The molecule has 0 aliphatic carbocycles. The molecule has 0 rings (SSSR count). The van der Waals surface area contributed by atoms with Crippen LogP contribution in [0.1, 0.15) is 0 Å². The molecule has 0 saturated carbocycles. The molecule has 0 aromatic rings. The molecule has 149 heteroatoms. The summed E-state index contributed by atoms with van der Waals surface area (Å²) in [6.45, 7) is 0. The molecule has 0 aromatic heterocycles. The molecular formula is Mg65O84-38. The average Bonchev–Trinajstić information content (AvgIpc) is 0. The predicted molar refractivity (Wildman–Crippen MR) is 432 cm³/mol. The van der Waals surface area contributed by atoms with E-state index in [0.717, 1.165) is 0 Å². The summed E-state index contributed by atoms with van der Waals surface area (Å²) < 4.78 is 0. The van der Waals surface area contributed by atoms with E-state index in [1.807, 2.05) is 0 Å². The van der Waals surface area contributed by atoms with Crippen LogP contribution in [0.15, 0.2) is 0 Å². The minimum absolute atomic E-state index is 0. The van der Waals surface area contributed by atoms with Gasteiger partial charge < -0.3 is 460 Å². The van der Waals surface area contributed by atoms with E-state index in [0.29, 0.717) is 0 Å². The van der Waals surface area contributed by atoms with Crippen molar-refractivity contribution in [2.75, 3.05) is 0 Å². The van der Waals surface area contributed by atoms with Crippen LogP contribution in [0.3, 0.4) is 0 Å². The van der Waals surface area contributed by atoms with Gasteiger partial charge in [-0.2, -0.15) is 0 Å². The first-order chi connectivity index (χ1) is 0. The monoisotopic (exact) mass is 2900 g/mol. The molecule has 0 saturated heterocycles. The molecule has 0 bridgehead atoms. The van der Waals surface area contributed by atoms with Gasteiger partial charge in [-0.25, -0.2) is 0 Å². The van der Waals surface area contributed by atoms with Crippen molar-refractivity contribution in [2.45, 2.75) is 0 Å². The van der Waals surface area contributed by atoms with E-state index in [4.69, 9.17) is 0 Å². The van der Waals surface area contributed by atoms with Crippen LogP contribution in [0.2, 0.25) is 0 Å². The molecule has 0 fully saturated rings. The van der Waals surface area contributed by atoms with Crippen LogP contribution in [0, 0.1) is 0 Å². The van der Waals surface area contributed by atoms with Crippen LogP contribution in [0.25, 0.3) is 0 Å². The van der Waals surface area contributed by atoms with Gasteiger partial charge in [0, 0.05) is 0 Å². The summed E-state index contributed by atoms with van der Waals surface area (Å²) in [6, 6.07) is 0. The Labute approximate surface area is 1910 Å². The van der Waals surface area contributed by atoms with Gasteiger partial charge in [0.2, 0.25) is 0 Å². The van der Waals surface area contributed by atoms with Crippen LogP contribution in [-0.2, 0) is 460 Å². The zero-order valence-corrected chi connectivity index (χ0v) is 172. The van der Waals surface area contributed by atoms with Crippen molar-refractivity contribution in [3.8, 4) is 0 Å². The van der Waals surface area contributed by atoms with Gasteiger partial charge in [0.1, 0.15) is 0 Å². The largest absolute Gasteiger partial charge is 2.00 e. The van der Waals surface area contributed by atoms with Crippen molar-refractivity contribution in [1.29, 1.82) is 0 Å². The maximum Gasteiger partial charge on any atom is 2.00 e. The average molecular weight is 2920 g/mol. The van der Waals surface area contributed by atoms with Gasteiger partial charge >= 0.3 is 1500 Å². The van der Waals surface area contributed by atoms with Gasteiger partial charge in [0.05, 0.1) is 0 Å². The zero-order valence-electron chi connectivity index (χ0n) is 80.3. The third-order valence-corrected chi connectivity index (χ3v) is 0. The molecule has 0 atom stereocenters. The third kappa shape index (κ3) is 3340. The number of hydrogen-bond acceptors (Lipinski definition) is 0. The van der Waals surface area contributed by atoms with Crippen LogP contribution in [0.4, 0.5) is 0 Å². The van der Waals surface area contributed by atoms with E-state index in [-0.39, 0.29) is 1960 Å². The van der Waals surface area contributed by atoms with Crippen molar-refractivity contribution >= 4 is 1500 Å². The van der Waals surface area contributed by atoms with Gasteiger partial charge in [0.25, 0.3) is 0 Å². The van der Waals surface area contributed by atoms with E-state index < -0.39 is 0 Å². The van der Waals surface area contributed by atoms with E-state index in [9.17, 15) is 0 Å². The SMILES string of the molecule is [Mg+2].[Mg+2].[Mg+2].[Mg+2].[Mg+2].[Mg+2].[Mg+2].[Mg+2].[Mg+2].[Mg+2].[Mg+2].[Mg+2].[Mg+2].[Mg+2].[Mg+2].[Mg+2].[Mg+2].[Mg+2].[Mg+2].[Mg+2].[Mg+2].[Mg+2].[Mg+2].[Mg+2].[Mg+2].[Mg+2].[Mg+2].[Mg+2].[Mg+2].[Mg+2].[Mg+2].[Mg+2].[Mg+2].[Mg+2].[Mg+2].[Mg+2].[Mg+2].[Mg+2].[Mg+2].[Mg+2].[Mg+2].[Mg+2].[Mg+2].[Mg+2].[Mg+2].[Mg+2].[Mg+2].[Mg+2].[Mg+2].[Mg+2].[Mg+2].[Mg+2].[Mg+2].[Mg+2].[Mg+2].[Mg+2].[Mg+2].[Mg+2].[Mg+2].[Mg+2].[Mg+2].[Mg+2].[Mg+2].[Mg+2].[Mg+2].[O-2].[O-2].[O-2].[O-2].[O-2].[O-2].[O-2].[O-2].[O-2].[O-2].[O-2].[O-2].[O-2].[O-2].[O-2].[O-2].[O-2].[O-2].[O-2].[O-2].[O-2].[O-2].[O-2].[O-2].[O-2].[O-2].[O-2].[O-2].[O-2].[O-2].[O-2].[O-2].[O-2].[O-2].[O-2].[O-2].[O-2].[O-2].[O-2].[O-2].[O-2].[O-2].[O-2].[O-2].[O-2].[O-2].[O-2].[O-2].[O-2].[O-2].[O-2].[O-2].[O-2].[O-2].[O-2].[O-2].[O-2].[O-2].[O-2].[O-2].[O-2].[O-2].[O-2].[O-2].[O-2].[O-2].[O-2].[O-2].[O-2].[O-2].[O-2].[O-2].[O-2].[O-2].[O-2].[O-2].[O-2].[O-2].[O-2].[O-2].[O-2].[O-2].[O-2].[O-2]. The molecule has 0 amide bonds. The molecule has 0 aliphatic rings. The fraction of sp³-hybridized carbons (Fsp3) is 0. The molecule has 84 nitrogen and oxygen atoms in total. The summed E-state index contributed by atoms with van der Waals surface area (Å²) in [5, 5.41) is 0. The second kappa shape index (κ2) is 3370. The van der Waals surface area contributed by atoms with Gasteiger partial charge in [0.15, 0.2) is 0 Å². The summed E-state index contributed by atoms with van der Waals surface area (Å²) in [5.41, 5.74) is 0. The summed E-state index contributed by atoms with van der Waals surface area (Å²) >= 11 is 0. The van der Waals surface area contributed by atoms with Crippen molar-refractivity contribution in [3.05, 3.63) is 0 Å². The van der Waals surface area contributed by atoms with Gasteiger partial charge in [-0.05, 0) is 0 Å². The predicted octanol–water partition coefficient (Wildman–Crippen LogP) is -34.7. The Morgan fingerprint density at radius 2 is 0.0134 bits per heavy atom. The number of hydrogen-bond donors (Lipinski definition) is 0. The quantitative estimate of drug-likeness (QED) is 0.204. The molecule has 149 heavy (non-hydrogen) atoms. The van der Waals surface area contributed by atoms with Crippen LogP contribution in [-0.4, -0.2) is 1500 Å². The fourth-order valence-corrected chi connectivity index (χ4v) is 0. The van der Waals surface area contributed by atoms with Crippen molar-refractivity contribution < 1.29 is 460 Å². The van der Waals surface area contributed by atoms with E-state index in [2.05, 4.69) is 0 Å². The van der Waals surface area contributed by atoms with Crippen LogP contribution in [0.5, 0.6) is 0 Å². The number of rotatable bonds is 0. The van der Waals surface area contributed by atoms with E-state index in [1.165, 1.54) is 0 Å². The molecule has 0 heterocycles. The van der Waals surface area contributed by atoms with E-state index in [1.54, 1.807) is 0 Å². The van der Waals surface area contributed by atoms with Gasteiger partial charge in [-0.1, -0.05) is 0 Å². The second-order valence-corrected chi connectivity index (χ2v) is 0. The first-order valence-electron chi connectivity index (χ1n) is 0. The second-order valence-electron chi connectivity index (χ2n) is 0. The summed E-state index contributed by atoms with van der Waals surface area (Å²) in [4.78, 5) is 0. The Balaban J connectivity index is 0. The minimum Gasteiger partial charge on any atom is -2.00 e. The summed E-state index contributed by atoms with van der Waals surface area (Å²) in [7, 11) is 0. The van der Waals surface area contributed by atoms with Crippen LogP contribution < -0.4 is 0 Å². The van der Waals surface area contributed by atoms with Crippen molar-refractivity contribution in [2.24, 2.45) is 0 Å². The first kappa shape index (κ1) is 3430. The molecule has 0 aliphatic heterocycles. The zero-order chi connectivity index (χ0) is 0. The Kier molecular flexibility index (Phi) is 77600. The molecular weight excluding hydrogens is 2920 g/mol. The van der Waals surface area contributed by atoms with Gasteiger partial charge in [-0.3, -0.25) is 0 Å². The molecule has 0 spiro atoms. The summed E-state index contributed by atoms with van der Waals surface area (Å²) in [6.07, 6.45) is 0. The molecule has 0 aromatic carbocycles. The van der Waals surface area contributed by atoms with Crippen molar-refractivity contribution in [1.82, 2.24) is 0 Å². The molecule has 0 N–H and O–H groups in total. The minimum atomic E-state index is 0. The fourth-order valence-electron chi connectivity index (χ4n) is 0. The van der Waals surface area contributed by atoms with Crippen molar-refractivity contribution in [3.63, 3.8) is 0 Å². The Morgan fingerprint density at radius 3 is 0.0134 bits per heavy atom. The first-order valence-corrected chi connectivity index (χ1v) is 0. The maximum absolute atomic E-state index is 0. The molecule has 0 unspecified atom stereocenters. The van der Waals surface area contributed by atoms with Gasteiger partial charge in [-0.15, -0.1) is 0 Å². The maximum atomic E-state index is 0. The molecule has 672 valence electrons. The Bertz CT molecular complexity index is 147. The molecule has 0 radical (unpaired) electrons. The van der Waals surface area contributed by atoms with E-state index >= 15 is 0 Å². The normalized spacial score (nSPS) is 0. The van der Waals surface area contributed by atoms with Crippen LogP contribution >= 0.6 is 0 Å². The third-order valence-electron chi connectivity index (χ3n) is 0. The topological polar surface area (TPSA) is 2390 Å². The Hall–Kier alpha value is 46.4. The summed E-state index contributed by atoms with van der Waals surface area (Å²) in [5.74, 6) is 0. The Morgan fingerprint density at radius 1 is 0.0134 bits per heavy atom. The smallest absolute Gasteiger partial charge is 2.00 e. The standard InChI is InChI=1S/65Mg.84O/q65*+2;84*-2.